The number of hydrogen-bond donors (Lipinski definition) is 0. The molecule has 0 saturated heterocycles. The number of carbonyl (C=O) groups excluding carboxylic acids is 3. The summed E-state index contributed by atoms with van der Waals surface area (Å²) in [6, 6.07) is 5.47. The summed E-state index contributed by atoms with van der Waals surface area (Å²) in [5.74, 6) is -3.81. The standard InChI is InChI=1S/C17H13NO5/c1-8(19)11-14(20)12-15(23-17(11)22)10-6-2-4-9-5-3-7-18(13(9)10)16(12)21/h2,4,6,11H,3,5,7H2,1H3. The van der Waals surface area contributed by atoms with Crippen LogP contribution in [0.15, 0.2) is 23.0 Å². The summed E-state index contributed by atoms with van der Waals surface area (Å²) >= 11 is 0. The van der Waals surface area contributed by atoms with Crippen LogP contribution >= 0.6 is 0 Å². The summed E-state index contributed by atoms with van der Waals surface area (Å²) in [4.78, 5) is 49.0. The smallest absolute Gasteiger partial charge is 0.329 e. The predicted octanol–water partition coefficient (Wildman–Crippen LogP) is 1.25. The van der Waals surface area contributed by atoms with Crippen LogP contribution in [-0.2, 0) is 22.6 Å². The van der Waals surface area contributed by atoms with Gasteiger partial charge in [-0.05, 0) is 31.4 Å². The number of fused-ring (bicyclic) bond motifs is 2. The van der Waals surface area contributed by atoms with E-state index in [0.717, 1.165) is 25.3 Å². The molecule has 6 nitrogen and oxygen atoms in total. The molecule has 0 amide bonds. The van der Waals surface area contributed by atoms with Crippen LogP contribution in [0.1, 0.15) is 29.3 Å². The minimum atomic E-state index is -1.53. The number of benzene rings is 1. The first-order chi connectivity index (χ1) is 11.0. The van der Waals surface area contributed by atoms with Gasteiger partial charge in [0.1, 0.15) is 5.56 Å². The van der Waals surface area contributed by atoms with Crippen LogP contribution in [0.4, 0.5) is 0 Å². The Labute approximate surface area is 130 Å². The summed E-state index contributed by atoms with van der Waals surface area (Å²) in [5.41, 5.74) is 1.04. The molecule has 116 valence electrons. The first-order valence-corrected chi connectivity index (χ1v) is 7.45. The number of esters is 1. The van der Waals surface area contributed by atoms with Gasteiger partial charge in [-0.25, -0.2) is 0 Å². The van der Waals surface area contributed by atoms with E-state index >= 15 is 0 Å². The second-order valence-electron chi connectivity index (χ2n) is 5.91. The first-order valence-electron chi connectivity index (χ1n) is 7.45. The monoisotopic (exact) mass is 311 g/mol. The van der Waals surface area contributed by atoms with Crippen molar-refractivity contribution in [1.29, 1.82) is 0 Å². The van der Waals surface area contributed by atoms with Gasteiger partial charge in [0.05, 0.1) is 5.52 Å². The Morgan fingerprint density at radius 3 is 2.78 bits per heavy atom. The Kier molecular flexibility index (Phi) is 2.78. The molecule has 0 fully saturated rings. The molecule has 0 radical (unpaired) electrons. The molecule has 0 bridgehead atoms. The second-order valence-corrected chi connectivity index (χ2v) is 5.91. The van der Waals surface area contributed by atoms with Gasteiger partial charge >= 0.3 is 5.97 Å². The van der Waals surface area contributed by atoms with Gasteiger partial charge in [-0.15, -0.1) is 0 Å². The molecule has 2 aromatic rings. The predicted molar refractivity (Wildman–Crippen MR) is 80.7 cm³/mol. The molecule has 0 N–H and O–H groups in total. The SMILES string of the molecule is CC(=O)C1C(=O)Oc2c(c(=O)n3c4c(cccc24)CCC3)C1=O. The van der Waals surface area contributed by atoms with Gasteiger partial charge in [0, 0.05) is 11.9 Å². The molecule has 2 aliphatic rings. The third-order valence-electron chi connectivity index (χ3n) is 4.50. The lowest BCUT2D eigenvalue weighted by Gasteiger charge is -2.26. The van der Waals surface area contributed by atoms with E-state index in [1.807, 2.05) is 12.1 Å². The highest BCUT2D eigenvalue weighted by Crippen LogP contribution is 2.36. The molecule has 0 aliphatic carbocycles. The number of rotatable bonds is 1. The Morgan fingerprint density at radius 2 is 2.04 bits per heavy atom. The third kappa shape index (κ3) is 1.75. The lowest BCUT2D eigenvalue weighted by atomic mass is 9.90. The van der Waals surface area contributed by atoms with E-state index in [0.29, 0.717) is 17.4 Å². The molecule has 6 heteroatoms. The Balaban J connectivity index is 2.13. The number of aryl methyl sites for hydroxylation is 2. The van der Waals surface area contributed by atoms with Crippen LogP contribution in [-0.4, -0.2) is 22.1 Å². The van der Waals surface area contributed by atoms with Crippen molar-refractivity contribution >= 4 is 28.4 Å². The van der Waals surface area contributed by atoms with Crippen LogP contribution in [0, 0.1) is 5.92 Å². The zero-order valence-corrected chi connectivity index (χ0v) is 12.4. The Morgan fingerprint density at radius 1 is 1.26 bits per heavy atom. The van der Waals surface area contributed by atoms with E-state index in [4.69, 9.17) is 4.74 Å². The topological polar surface area (TPSA) is 82.4 Å². The molecule has 1 unspecified atom stereocenters. The van der Waals surface area contributed by atoms with E-state index in [2.05, 4.69) is 0 Å². The first kappa shape index (κ1) is 13.9. The fourth-order valence-electron chi connectivity index (χ4n) is 3.49. The lowest BCUT2D eigenvalue weighted by molar-refractivity contribution is -0.141. The molecule has 4 rings (SSSR count). The van der Waals surface area contributed by atoms with Crippen molar-refractivity contribution < 1.29 is 19.1 Å². The molecule has 1 atom stereocenters. The molecule has 0 spiro atoms. The summed E-state index contributed by atoms with van der Waals surface area (Å²) in [6.07, 6.45) is 1.63. The molecule has 1 aromatic heterocycles. The fraction of sp³-hybridized carbons (Fsp3) is 0.294. The molecule has 23 heavy (non-hydrogen) atoms. The number of carbonyl (C=O) groups is 3. The Bertz CT molecular complexity index is 969. The highest BCUT2D eigenvalue weighted by Gasteiger charge is 2.43. The van der Waals surface area contributed by atoms with E-state index in [-0.39, 0.29) is 11.3 Å². The van der Waals surface area contributed by atoms with Crippen molar-refractivity contribution in [3.05, 3.63) is 39.7 Å². The van der Waals surface area contributed by atoms with Crippen LogP contribution < -0.4 is 10.3 Å². The highest BCUT2D eigenvalue weighted by molar-refractivity contribution is 6.26. The number of hydrogen-bond acceptors (Lipinski definition) is 5. The molecule has 3 heterocycles. The lowest BCUT2D eigenvalue weighted by Crippen LogP contribution is -2.43. The van der Waals surface area contributed by atoms with Gasteiger partial charge in [0.2, 0.25) is 0 Å². The minimum absolute atomic E-state index is 0.00231. The molecular weight excluding hydrogens is 298 g/mol. The van der Waals surface area contributed by atoms with E-state index in [1.54, 1.807) is 10.6 Å². The van der Waals surface area contributed by atoms with E-state index in [9.17, 15) is 19.2 Å². The van der Waals surface area contributed by atoms with Crippen LogP contribution in [0.5, 0.6) is 5.75 Å². The van der Waals surface area contributed by atoms with Crippen molar-refractivity contribution in [2.24, 2.45) is 5.92 Å². The third-order valence-corrected chi connectivity index (χ3v) is 4.50. The fourth-order valence-corrected chi connectivity index (χ4v) is 3.49. The van der Waals surface area contributed by atoms with Crippen molar-refractivity contribution in [3.63, 3.8) is 0 Å². The average molecular weight is 311 g/mol. The Hall–Kier alpha value is -2.76. The maximum Gasteiger partial charge on any atom is 0.329 e. The minimum Gasteiger partial charge on any atom is -0.424 e. The van der Waals surface area contributed by atoms with Crippen molar-refractivity contribution in [1.82, 2.24) is 4.57 Å². The maximum absolute atomic E-state index is 12.8. The number of para-hydroxylation sites is 1. The largest absolute Gasteiger partial charge is 0.424 e. The summed E-state index contributed by atoms with van der Waals surface area (Å²) in [5, 5.41) is 0.570. The van der Waals surface area contributed by atoms with Gasteiger partial charge in [-0.3, -0.25) is 19.2 Å². The zero-order valence-electron chi connectivity index (χ0n) is 12.4. The normalized spacial score (nSPS) is 19.4. The van der Waals surface area contributed by atoms with E-state index < -0.39 is 29.0 Å². The number of aromatic nitrogens is 1. The molecule has 0 saturated carbocycles. The van der Waals surface area contributed by atoms with Gasteiger partial charge in [0.15, 0.2) is 23.2 Å². The van der Waals surface area contributed by atoms with E-state index in [1.165, 1.54) is 0 Å². The quantitative estimate of drug-likeness (QED) is 0.585. The summed E-state index contributed by atoms with van der Waals surface area (Å²) in [7, 11) is 0. The molecule has 1 aromatic carbocycles. The number of ether oxygens (including phenoxy) is 1. The van der Waals surface area contributed by atoms with Gasteiger partial charge in [-0.2, -0.15) is 0 Å². The number of Topliss-reactive ketones (excluding diaryl/α,β-unsaturated/α-hetero) is 2. The highest BCUT2D eigenvalue weighted by atomic mass is 16.5. The number of ketones is 2. The maximum atomic E-state index is 12.8. The summed E-state index contributed by atoms with van der Waals surface area (Å²) < 4.78 is 6.81. The van der Waals surface area contributed by atoms with Crippen LogP contribution in [0.2, 0.25) is 0 Å². The molecule has 2 aliphatic heterocycles. The van der Waals surface area contributed by atoms with Gasteiger partial charge < -0.3 is 9.30 Å². The van der Waals surface area contributed by atoms with Gasteiger partial charge in [0.25, 0.3) is 5.56 Å². The van der Waals surface area contributed by atoms with Crippen LogP contribution in [0.25, 0.3) is 10.9 Å². The number of nitrogens with zero attached hydrogens (tertiary/aromatic N) is 1. The summed E-state index contributed by atoms with van der Waals surface area (Å²) in [6.45, 7) is 1.65. The average Bonchev–Trinajstić information content (AvgIpc) is 2.51. The van der Waals surface area contributed by atoms with Crippen LogP contribution in [0.3, 0.4) is 0 Å². The number of pyridine rings is 1. The molecular formula is C17H13NO5. The van der Waals surface area contributed by atoms with Gasteiger partial charge in [-0.1, -0.05) is 12.1 Å². The zero-order chi connectivity index (χ0) is 16.3. The van der Waals surface area contributed by atoms with Crippen molar-refractivity contribution in [2.45, 2.75) is 26.3 Å². The van der Waals surface area contributed by atoms with Crippen molar-refractivity contribution in [3.8, 4) is 5.75 Å². The van der Waals surface area contributed by atoms with Crippen molar-refractivity contribution in [2.75, 3.05) is 0 Å². The second kappa shape index (κ2) is 4.62.